The van der Waals surface area contributed by atoms with Gasteiger partial charge in [0.1, 0.15) is 11.6 Å². The summed E-state index contributed by atoms with van der Waals surface area (Å²) in [5.74, 6) is -0.453. The molecule has 1 aromatic carbocycles. The van der Waals surface area contributed by atoms with E-state index < -0.39 is 11.6 Å². The number of halogens is 2. The Morgan fingerprint density at radius 2 is 2.00 bits per heavy atom. The van der Waals surface area contributed by atoms with Crippen molar-refractivity contribution in [2.75, 3.05) is 7.05 Å². The van der Waals surface area contributed by atoms with Gasteiger partial charge in [-0.15, -0.1) is 11.3 Å². The van der Waals surface area contributed by atoms with Crippen LogP contribution in [0.15, 0.2) is 40.7 Å². The lowest BCUT2D eigenvalue weighted by atomic mass is 10.1. The maximum absolute atomic E-state index is 13.8. The molecule has 3 unspecified atom stereocenters. The minimum absolute atomic E-state index is 0.00290. The molecule has 1 fully saturated rings. The molecule has 6 heteroatoms. The molecule has 3 atom stereocenters. The Bertz CT molecular complexity index is 680. The smallest absolute Gasteiger partial charge is 0.191 e. The predicted octanol–water partition coefficient (Wildman–Crippen LogP) is 3.81. The van der Waals surface area contributed by atoms with E-state index in [9.17, 15) is 8.78 Å². The van der Waals surface area contributed by atoms with Crippen LogP contribution in [0.5, 0.6) is 0 Å². The minimum atomic E-state index is -0.478. The molecular weight excluding hydrogens is 316 g/mol. The molecule has 122 valence electrons. The number of hydrogen-bond donors (Lipinski definition) is 2. The Morgan fingerprint density at radius 1 is 1.26 bits per heavy atom. The van der Waals surface area contributed by atoms with E-state index in [1.54, 1.807) is 18.4 Å². The van der Waals surface area contributed by atoms with Crippen molar-refractivity contribution in [3.05, 3.63) is 57.8 Å². The van der Waals surface area contributed by atoms with Crippen LogP contribution in [0, 0.1) is 11.6 Å². The average molecular weight is 335 g/mol. The first-order valence-corrected chi connectivity index (χ1v) is 8.45. The van der Waals surface area contributed by atoms with Crippen LogP contribution in [0.4, 0.5) is 8.78 Å². The first kappa shape index (κ1) is 15.9. The zero-order valence-electron chi connectivity index (χ0n) is 13.0. The van der Waals surface area contributed by atoms with Crippen molar-refractivity contribution < 1.29 is 8.78 Å². The number of nitrogens with zero attached hydrogens (tertiary/aromatic N) is 1. The van der Waals surface area contributed by atoms with Crippen LogP contribution < -0.4 is 10.6 Å². The number of guanidine groups is 1. The monoisotopic (exact) mass is 335 g/mol. The molecule has 1 saturated carbocycles. The Hall–Kier alpha value is -1.95. The van der Waals surface area contributed by atoms with E-state index in [0.29, 0.717) is 12.4 Å². The third-order valence-electron chi connectivity index (χ3n) is 4.03. The number of nitrogens with one attached hydrogen (secondary N) is 2. The van der Waals surface area contributed by atoms with Crippen molar-refractivity contribution >= 4 is 17.3 Å². The van der Waals surface area contributed by atoms with Crippen LogP contribution >= 0.6 is 11.3 Å². The van der Waals surface area contributed by atoms with Crippen molar-refractivity contribution in [3.63, 3.8) is 0 Å². The number of benzene rings is 1. The van der Waals surface area contributed by atoms with E-state index in [1.165, 1.54) is 23.1 Å². The summed E-state index contributed by atoms with van der Waals surface area (Å²) < 4.78 is 27.6. The van der Waals surface area contributed by atoms with E-state index in [2.05, 4.69) is 28.6 Å². The van der Waals surface area contributed by atoms with E-state index in [0.717, 1.165) is 0 Å². The number of rotatable bonds is 4. The van der Waals surface area contributed by atoms with E-state index in [-0.39, 0.29) is 23.6 Å². The molecule has 0 saturated heterocycles. The van der Waals surface area contributed by atoms with Gasteiger partial charge in [0.25, 0.3) is 0 Å². The lowest BCUT2D eigenvalue weighted by Crippen LogP contribution is -2.40. The lowest BCUT2D eigenvalue weighted by molar-refractivity contribution is 0.553. The molecular formula is C17H19F2N3S. The fraction of sp³-hybridized carbons (Fsp3) is 0.353. The largest absolute Gasteiger partial charge is 0.353 e. The summed E-state index contributed by atoms with van der Waals surface area (Å²) in [6.07, 6.45) is 0.700. The van der Waals surface area contributed by atoms with E-state index >= 15 is 0 Å². The maximum atomic E-state index is 13.8. The van der Waals surface area contributed by atoms with E-state index in [1.807, 2.05) is 11.4 Å². The Kier molecular flexibility index (Phi) is 4.61. The van der Waals surface area contributed by atoms with Crippen molar-refractivity contribution in [2.24, 2.45) is 4.99 Å². The van der Waals surface area contributed by atoms with Gasteiger partial charge in [-0.05, 0) is 36.9 Å². The van der Waals surface area contributed by atoms with Gasteiger partial charge in [0.05, 0.1) is 6.04 Å². The quantitative estimate of drug-likeness (QED) is 0.658. The van der Waals surface area contributed by atoms with Crippen LogP contribution in [-0.4, -0.2) is 19.0 Å². The van der Waals surface area contributed by atoms with Crippen molar-refractivity contribution in [3.8, 4) is 0 Å². The second kappa shape index (κ2) is 6.66. The standard InChI is InChI=1S/C17H19F2N3S/c1-10(15-7-4-8-23-15)21-17(20-2)22-14-9-11(14)16-12(18)5-3-6-13(16)19/h3-8,10-11,14H,9H2,1-2H3,(H2,20,21,22). The summed E-state index contributed by atoms with van der Waals surface area (Å²) in [6.45, 7) is 2.06. The lowest BCUT2D eigenvalue weighted by Gasteiger charge is -2.17. The highest BCUT2D eigenvalue weighted by Gasteiger charge is 2.42. The predicted molar refractivity (Wildman–Crippen MR) is 89.9 cm³/mol. The Balaban J connectivity index is 1.61. The highest BCUT2D eigenvalue weighted by Crippen LogP contribution is 2.43. The van der Waals surface area contributed by atoms with Gasteiger partial charge in [-0.1, -0.05) is 12.1 Å². The number of aliphatic imine (C=N–C) groups is 1. The third-order valence-corrected chi connectivity index (χ3v) is 5.08. The van der Waals surface area contributed by atoms with Crippen molar-refractivity contribution in [1.29, 1.82) is 0 Å². The molecule has 1 aliphatic carbocycles. The van der Waals surface area contributed by atoms with Crippen LogP contribution in [0.1, 0.15) is 35.7 Å². The van der Waals surface area contributed by atoms with Crippen LogP contribution in [0.2, 0.25) is 0 Å². The summed E-state index contributed by atoms with van der Waals surface area (Å²) in [5, 5.41) is 8.58. The van der Waals surface area contributed by atoms with Crippen LogP contribution in [-0.2, 0) is 0 Å². The molecule has 3 rings (SSSR count). The third kappa shape index (κ3) is 3.52. The van der Waals surface area contributed by atoms with Gasteiger partial charge in [0.2, 0.25) is 0 Å². The molecule has 0 amide bonds. The zero-order chi connectivity index (χ0) is 16.4. The molecule has 2 aromatic rings. The van der Waals surface area contributed by atoms with Crippen LogP contribution in [0.3, 0.4) is 0 Å². The summed E-state index contributed by atoms with van der Waals surface area (Å²) in [4.78, 5) is 5.41. The summed E-state index contributed by atoms with van der Waals surface area (Å²) in [6, 6.07) is 8.20. The Labute approximate surface area is 138 Å². The maximum Gasteiger partial charge on any atom is 0.191 e. The number of hydrogen-bond acceptors (Lipinski definition) is 2. The van der Waals surface area contributed by atoms with E-state index in [4.69, 9.17) is 0 Å². The van der Waals surface area contributed by atoms with Gasteiger partial charge in [-0.25, -0.2) is 8.78 Å². The van der Waals surface area contributed by atoms with Gasteiger partial charge in [0, 0.05) is 29.4 Å². The average Bonchev–Trinajstić information content (AvgIpc) is 3.04. The van der Waals surface area contributed by atoms with Gasteiger partial charge < -0.3 is 10.6 Å². The molecule has 0 bridgehead atoms. The molecule has 1 aromatic heterocycles. The molecule has 3 nitrogen and oxygen atoms in total. The molecule has 2 N–H and O–H groups in total. The van der Waals surface area contributed by atoms with Gasteiger partial charge in [0.15, 0.2) is 5.96 Å². The topological polar surface area (TPSA) is 36.4 Å². The van der Waals surface area contributed by atoms with Gasteiger partial charge in [-0.2, -0.15) is 0 Å². The summed E-state index contributed by atoms with van der Waals surface area (Å²) in [5.41, 5.74) is 0.173. The summed E-state index contributed by atoms with van der Waals surface area (Å²) in [7, 11) is 1.69. The zero-order valence-corrected chi connectivity index (χ0v) is 13.8. The molecule has 1 aliphatic rings. The van der Waals surface area contributed by atoms with Gasteiger partial charge >= 0.3 is 0 Å². The van der Waals surface area contributed by atoms with Gasteiger partial charge in [-0.3, -0.25) is 4.99 Å². The first-order chi connectivity index (χ1) is 11.1. The minimum Gasteiger partial charge on any atom is -0.353 e. The van der Waals surface area contributed by atoms with Crippen molar-refractivity contribution in [1.82, 2.24) is 10.6 Å². The SMILES string of the molecule is CN=C(NC(C)c1cccs1)NC1CC1c1c(F)cccc1F. The molecule has 0 radical (unpaired) electrons. The molecule has 1 heterocycles. The second-order valence-electron chi connectivity index (χ2n) is 5.68. The Morgan fingerprint density at radius 3 is 2.61 bits per heavy atom. The fourth-order valence-corrected chi connectivity index (χ4v) is 3.43. The highest BCUT2D eigenvalue weighted by atomic mass is 32.1. The summed E-state index contributed by atoms with van der Waals surface area (Å²) >= 11 is 1.67. The molecule has 23 heavy (non-hydrogen) atoms. The second-order valence-corrected chi connectivity index (χ2v) is 6.66. The highest BCUT2D eigenvalue weighted by molar-refractivity contribution is 7.10. The normalized spacial score (nSPS) is 21.8. The fourth-order valence-electron chi connectivity index (χ4n) is 2.70. The van der Waals surface area contributed by atoms with Crippen LogP contribution in [0.25, 0.3) is 0 Å². The first-order valence-electron chi connectivity index (χ1n) is 7.57. The van der Waals surface area contributed by atoms with Crippen molar-refractivity contribution in [2.45, 2.75) is 31.3 Å². The molecule has 0 aliphatic heterocycles. The number of thiophene rings is 1. The molecule has 0 spiro atoms.